The molecule has 1 aromatic carbocycles. The summed E-state index contributed by atoms with van der Waals surface area (Å²) in [6, 6.07) is 3.69. The van der Waals surface area contributed by atoms with Crippen LogP contribution < -0.4 is 9.47 Å². The van der Waals surface area contributed by atoms with Gasteiger partial charge in [0.15, 0.2) is 11.5 Å². The number of ether oxygens (including phenoxy) is 2. The Labute approximate surface area is 171 Å². The van der Waals surface area contributed by atoms with Crippen LogP contribution in [-0.4, -0.2) is 36.8 Å². The molecule has 5 rings (SSSR count). The predicted octanol–water partition coefficient (Wildman–Crippen LogP) is 3.23. The Hall–Kier alpha value is -1.90. The fourth-order valence-corrected chi connectivity index (χ4v) is 5.27. The normalized spacial score (nSPS) is 28.9. The molecule has 4 atom stereocenters. The van der Waals surface area contributed by atoms with Crippen LogP contribution in [0, 0.1) is 27.2 Å². The lowest BCUT2D eigenvalue weighted by atomic mass is 9.63. The molecule has 3 aliphatic carbocycles. The summed E-state index contributed by atoms with van der Waals surface area (Å²) in [6.07, 6.45) is 7.72. The Balaban J connectivity index is 1.60. The molecule has 0 spiro atoms. The molecule has 1 heterocycles. The number of hydrogen-bond donors (Lipinski definition) is 0. The van der Waals surface area contributed by atoms with E-state index >= 15 is 0 Å². The first kappa shape index (κ1) is 18.5. The van der Waals surface area contributed by atoms with E-state index in [1.807, 2.05) is 13.0 Å². The van der Waals surface area contributed by atoms with E-state index in [0.29, 0.717) is 18.1 Å². The lowest BCUT2D eigenvalue weighted by Gasteiger charge is -2.37. The molecule has 142 valence electrons. The molecule has 0 radical (unpaired) electrons. The van der Waals surface area contributed by atoms with Crippen molar-refractivity contribution < 1.29 is 19.1 Å². The van der Waals surface area contributed by atoms with Gasteiger partial charge >= 0.3 is 0 Å². The highest BCUT2D eigenvalue weighted by Gasteiger charge is 2.56. The first-order valence-corrected chi connectivity index (χ1v) is 10.2. The molecule has 2 bridgehead atoms. The second-order valence-electron chi connectivity index (χ2n) is 7.04. The summed E-state index contributed by atoms with van der Waals surface area (Å²) in [7, 11) is 1.60. The van der Waals surface area contributed by atoms with Gasteiger partial charge in [0.05, 0.1) is 35.3 Å². The quantitative estimate of drug-likeness (QED) is 0.281. The van der Waals surface area contributed by atoms with Crippen molar-refractivity contribution in [3.05, 3.63) is 33.4 Å². The number of fused-ring (bicyclic) bond motifs is 1. The van der Waals surface area contributed by atoms with Crippen LogP contribution in [0.5, 0.6) is 11.5 Å². The summed E-state index contributed by atoms with van der Waals surface area (Å²) >= 11 is 2.17. The van der Waals surface area contributed by atoms with E-state index in [9.17, 15) is 9.59 Å². The largest absolute Gasteiger partial charge is 0.492 e. The van der Waals surface area contributed by atoms with Gasteiger partial charge in [-0.2, -0.15) is 10.1 Å². The molecule has 1 aliphatic heterocycles. The number of imide groups is 1. The second-order valence-corrected chi connectivity index (χ2v) is 8.20. The van der Waals surface area contributed by atoms with Crippen molar-refractivity contribution in [1.29, 1.82) is 0 Å². The average molecular weight is 480 g/mol. The monoisotopic (exact) mass is 480 g/mol. The summed E-state index contributed by atoms with van der Waals surface area (Å²) in [4.78, 5) is 25.6. The third kappa shape index (κ3) is 3.05. The lowest BCUT2D eigenvalue weighted by molar-refractivity contribution is -0.140. The number of rotatable bonds is 5. The second kappa shape index (κ2) is 7.26. The topological polar surface area (TPSA) is 68.2 Å². The number of amides is 2. The predicted molar refractivity (Wildman–Crippen MR) is 109 cm³/mol. The molecule has 0 aromatic heterocycles. The maximum atomic E-state index is 12.8. The van der Waals surface area contributed by atoms with Crippen LogP contribution in [0.4, 0.5) is 0 Å². The molecular weight excluding hydrogens is 459 g/mol. The summed E-state index contributed by atoms with van der Waals surface area (Å²) in [5, 5.41) is 5.33. The van der Waals surface area contributed by atoms with Crippen molar-refractivity contribution in [1.82, 2.24) is 5.01 Å². The van der Waals surface area contributed by atoms with Gasteiger partial charge in [-0.15, -0.1) is 0 Å². The van der Waals surface area contributed by atoms with Crippen LogP contribution in [0.15, 0.2) is 29.4 Å². The van der Waals surface area contributed by atoms with E-state index < -0.39 is 0 Å². The number of hydrogen-bond acceptors (Lipinski definition) is 5. The Morgan fingerprint density at radius 2 is 1.81 bits per heavy atom. The zero-order valence-corrected chi connectivity index (χ0v) is 17.4. The Morgan fingerprint density at radius 1 is 1.19 bits per heavy atom. The van der Waals surface area contributed by atoms with E-state index in [4.69, 9.17) is 9.47 Å². The van der Waals surface area contributed by atoms with Crippen LogP contribution in [0.2, 0.25) is 0 Å². The van der Waals surface area contributed by atoms with Crippen molar-refractivity contribution in [2.75, 3.05) is 13.7 Å². The van der Waals surface area contributed by atoms with E-state index in [1.54, 1.807) is 19.4 Å². The minimum Gasteiger partial charge on any atom is -0.492 e. The zero-order chi connectivity index (χ0) is 19.1. The van der Waals surface area contributed by atoms with E-state index in [0.717, 1.165) is 27.0 Å². The maximum Gasteiger partial charge on any atom is 0.254 e. The Morgan fingerprint density at radius 3 is 2.33 bits per heavy atom. The highest BCUT2D eigenvalue weighted by Crippen LogP contribution is 2.49. The first-order chi connectivity index (χ1) is 13.0. The Kier molecular flexibility index (Phi) is 4.96. The van der Waals surface area contributed by atoms with Gasteiger partial charge < -0.3 is 9.47 Å². The lowest BCUT2D eigenvalue weighted by Crippen LogP contribution is -2.38. The highest BCUT2D eigenvalue weighted by molar-refractivity contribution is 14.1. The van der Waals surface area contributed by atoms with Crippen molar-refractivity contribution in [2.45, 2.75) is 19.8 Å². The summed E-state index contributed by atoms with van der Waals surface area (Å²) in [5.74, 6) is 0.787. The third-order valence-electron chi connectivity index (χ3n) is 5.59. The minimum atomic E-state index is -0.242. The smallest absolute Gasteiger partial charge is 0.254 e. The van der Waals surface area contributed by atoms with Gasteiger partial charge in [-0.05, 0) is 71.9 Å². The van der Waals surface area contributed by atoms with Crippen LogP contribution in [-0.2, 0) is 9.59 Å². The SMILES string of the molecule is CCOc1cc(/C=N\N2C(=O)[C@@H]3[C@H](C2=O)[C@H]2C=C[C@H]3CC2)cc(I)c1OC. The molecule has 2 amide bonds. The zero-order valence-electron chi connectivity index (χ0n) is 15.2. The number of carbonyl (C=O) groups is 2. The van der Waals surface area contributed by atoms with Gasteiger partial charge in [0, 0.05) is 0 Å². The third-order valence-corrected chi connectivity index (χ3v) is 6.40. The minimum absolute atomic E-state index is 0.170. The van der Waals surface area contributed by atoms with Crippen molar-refractivity contribution in [2.24, 2.45) is 28.8 Å². The average Bonchev–Trinajstić information content (AvgIpc) is 2.94. The van der Waals surface area contributed by atoms with Gasteiger partial charge in [-0.1, -0.05) is 12.2 Å². The molecule has 4 aliphatic rings. The molecule has 0 unspecified atom stereocenters. The van der Waals surface area contributed by atoms with Crippen LogP contribution in [0.25, 0.3) is 0 Å². The molecule has 6 nitrogen and oxygen atoms in total. The fraction of sp³-hybridized carbons (Fsp3) is 0.450. The number of methoxy groups -OCH3 is 1. The number of carbonyl (C=O) groups excluding carboxylic acids is 2. The van der Waals surface area contributed by atoms with Crippen molar-refractivity contribution in [3.8, 4) is 11.5 Å². The molecule has 7 heteroatoms. The van der Waals surface area contributed by atoms with E-state index in [-0.39, 0.29) is 35.5 Å². The first-order valence-electron chi connectivity index (χ1n) is 9.15. The summed E-state index contributed by atoms with van der Waals surface area (Å²) < 4.78 is 11.9. The Bertz CT molecular complexity index is 819. The van der Waals surface area contributed by atoms with E-state index in [1.165, 1.54) is 0 Å². The van der Waals surface area contributed by atoms with Gasteiger partial charge in [0.1, 0.15) is 0 Å². The molecular formula is C20H21IN2O4. The van der Waals surface area contributed by atoms with Gasteiger partial charge in [0.2, 0.25) is 0 Å². The maximum absolute atomic E-state index is 12.8. The number of hydrazone groups is 1. The van der Waals surface area contributed by atoms with Crippen LogP contribution in [0.1, 0.15) is 25.3 Å². The number of halogens is 1. The number of allylic oxidation sites excluding steroid dienone is 2. The summed E-state index contributed by atoms with van der Waals surface area (Å²) in [5.41, 5.74) is 0.750. The van der Waals surface area contributed by atoms with E-state index in [2.05, 4.69) is 39.8 Å². The van der Waals surface area contributed by atoms with Crippen molar-refractivity contribution >= 4 is 40.6 Å². The highest BCUT2D eigenvalue weighted by atomic mass is 127. The standard InChI is InChI=1S/C20H21IN2O4/c1-3-27-15-9-11(8-14(21)18(15)26-2)10-22-23-19(24)16-12-4-5-13(7-6-12)17(16)20(23)25/h4-5,8-10,12-13,16-17H,3,6-7H2,1-2H3/b22-10-/t12-,13-,16-,17+/m0/s1. The molecule has 2 fully saturated rings. The van der Waals surface area contributed by atoms with Gasteiger partial charge in [-0.25, -0.2) is 0 Å². The van der Waals surface area contributed by atoms with Gasteiger partial charge in [-0.3, -0.25) is 9.59 Å². The molecule has 1 aromatic rings. The molecule has 0 N–H and O–H groups in total. The fourth-order valence-electron chi connectivity index (χ4n) is 4.42. The van der Waals surface area contributed by atoms with Crippen molar-refractivity contribution in [3.63, 3.8) is 0 Å². The summed E-state index contributed by atoms with van der Waals surface area (Å²) in [6.45, 7) is 2.41. The number of benzene rings is 1. The number of nitrogens with zero attached hydrogens (tertiary/aromatic N) is 2. The molecule has 1 saturated heterocycles. The van der Waals surface area contributed by atoms with Crippen LogP contribution in [0.3, 0.4) is 0 Å². The van der Waals surface area contributed by atoms with Crippen LogP contribution >= 0.6 is 22.6 Å². The van der Waals surface area contributed by atoms with Gasteiger partial charge in [0.25, 0.3) is 11.8 Å². The molecule has 27 heavy (non-hydrogen) atoms. The molecule has 1 saturated carbocycles.